The maximum atomic E-state index is 6.00. The summed E-state index contributed by atoms with van der Waals surface area (Å²) in [4.78, 5) is 4.30. The van der Waals surface area contributed by atoms with E-state index in [-0.39, 0.29) is 0 Å². The van der Waals surface area contributed by atoms with Gasteiger partial charge in [-0.3, -0.25) is 4.99 Å². The molecule has 2 aromatic carbocycles. The van der Waals surface area contributed by atoms with Gasteiger partial charge >= 0.3 is 0 Å². The summed E-state index contributed by atoms with van der Waals surface area (Å²) in [5, 5.41) is 1.36. The Hall–Kier alpha value is -1.31. The van der Waals surface area contributed by atoms with Gasteiger partial charge in [0, 0.05) is 21.8 Å². The van der Waals surface area contributed by atoms with Crippen LogP contribution in [0.2, 0.25) is 10.0 Å². The monoisotopic (exact) mass is 249 g/mol. The van der Waals surface area contributed by atoms with Gasteiger partial charge in [0.2, 0.25) is 0 Å². The van der Waals surface area contributed by atoms with E-state index in [0.29, 0.717) is 10.0 Å². The zero-order valence-corrected chi connectivity index (χ0v) is 9.91. The van der Waals surface area contributed by atoms with Crippen molar-refractivity contribution in [2.24, 2.45) is 4.99 Å². The average Bonchev–Trinajstić information content (AvgIpc) is 2.28. The maximum absolute atomic E-state index is 6.00. The summed E-state index contributed by atoms with van der Waals surface area (Å²) >= 11 is 11.9. The summed E-state index contributed by atoms with van der Waals surface area (Å²) in [5.41, 5.74) is 1.71. The Kier molecular flexibility index (Phi) is 3.60. The van der Waals surface area contributed by atoms with Crippen LogP contribution in [-0.4, -0.2) is 6.21 Å². The Morgan fingerprint density at radius 3 is 2.50 bits per heavy atom. The van der Waals surface area contributed by atoms with Gasteiger partial charge in [-0.15, -0.1) is 0 Å². The molecule has 0 aliphatic carbocycles. The second-order valence-corrected chi connectivity index (χ2v) is 4.10. The molecule has 3 heteroatoms. The van der Waals surface area contributed by atoms with Gasteiger partial charge in [0.1, 0.15) is 0 Å². The summed E-state index contributed by atoms with van der Waals surface area (Å²) in [6.07, 6.45) is 1.73. The fourth-order valence-electron chi connectivity index (χ4n) is 1.28. The summed E-state index contributed by atoms with van der Waals surface area (Å²) in [7, 11) is 0. The lowest BCUT2D eigenvalue weighted by atomic mass is 10.2. The Morgan fingerprint density at radius 1 is 0.938 bits per heavy atom. The quantitative estimate of drug-likeness (QED) is 0.682. The maximum Gasteiger partial charge on any atom is 0.0644 e. The molecule has 0 N–H and O–H groups in total. The molecule has 16 heavy (non-hydrogen) atoms. The summed E-state index contributed by atoms with van der Waals surface area (Å²) in [6, 6.07) is 14.9. The number of hydrogen-bond donors (Lipinski definition) is 0. The van der Waals surface area contributed by atoms with Crippen molar-refractivity contribution in [1.82, 2.24) is 0 Å². The van der Waals surface area contributed by atoms with Gasteiger partial charge in [-0.2, -0.15) is 0 Å². The van der Waals surface area contributed by atoms with Crippen molar-refractivity contribution in [3.63, 3.8) is 0 Å². The molecule has 0 saturated heterocycles. The molecular formula is C13H9Cl2N. The number of hydrogen-bond acceptors (Lipinski definition) is 1. The van der Waals surface area contributed by atoms with Gasteiger partial charge in [-0.25, -0.2) is 0 Å². The number of nitrogens with zero attached hydrogens (tertiary/aromatic N) is 1. The number of rotatable bonds is 2. The van der Waals surface area contributed by atoms with Crippen molar-refractivity contribution in [1.29, 1.82) is 0 Å². The van der Waals surface area contributed by atoms with E-state index >= 15 is 0 Å². The van der Waals surface area contributed by atoms with Crippen LogP contribution < -0.4 is 0 Å². The highest BCUT2D eigenvalue weighted by atomic mass is 35.5. The highest BCUT2D eigenvalue weighted by molar-refractivity contribution is 6.33. The van der Waals surface area contributed by atoms with Crippen LogP contribution in [0.1, 0.15) is 5.56 Å². The van der Waals surface area contributed by atoms with Crippen molar-refractivity contribution in [3.05, 3.63) is 64.1 Å². The lowest BCUT2D eigenvalue weighted by molar-refractivity contribution is 1.52. The van der Waals surface area contributed by atoms with Crippen molar-refractivity contribution in [3.8, 4) is 0 Å². The predicted molar refractivity (Wildman–Crippen MR) is 70.2 cm³/mol. The third kappa shape index (κ3) is 2.84. The summed E-state index contributed by atoms with van der Waals surface area (Å²) in [6.45, 7) is 0. The molecule has 0 unspecified atom stereocenters. The predicted octanol–water partition coefficient (Wildman–Crippen LogP) is 4.74. The van der Waals surface area contributed by atoms with Gasteiger partial charge in [-0.05, 0) is 24.3 Å². The molecule has 0 fully saturated rings. The molecule has 0 atom stereocenters. The van der Waals surface area contributed by atoms with E-state index in [1.54, 1.807) is 12.3 Å². The molecule has 0 saturated carbocycles. The number of benzene rings is 2. The minimum absolute atomic E-state index is 0.675. The summed E-state index contributed by atoms with van der Waals surface area (Å²) < 4.78 is 0. The lowest BCUT2D eigenvalue weighted by Crippen LogP contribution is -1.81. The Labute approximate surface area is 104 Å². The normalized spacial score (nSPS) is 10.9. The zero-order valence-electron chi connectivity index (χ0n) is 8.40. The van der Waals surface area contributed by atoms with E-state index in [0.717, 1.165) is 11.3 Å². The zero-order chi connectivity index (χ0) is 11.4. The van der Waals surface area contributed by atoms with Crippen LogP contribution in [-0.2, 0) is 0 Å². The Bertz CT molecular complexity index is 521. The first-order valence-corrected chi connectivity index (χ1v) is 5.55. The first kappa shape index (κ1) is 11.2. The third-order valence-electron chi connectivity index (χ3n) is 2.07. The van der Waals surface area contributed by atoms with Crippen LogP contribution >= 0.6 is 23.2 Å². The van der Waals surface area contributed by atoms with E-state index in [1.807, 2.05) is 42.5 Å². The third-order valence-corrected chi connectivity index (χ3v) is 2.65. The van der Waals surface area contributed by atoms with E-state index in [2.05, 4.69) is 4.99 Å². The fraction of sp³-hybridized carbons (Fsp3) is 0. The second-order valence-electron chi connectivity index (χ2n) is 3.26. The van der Waals surface area contributed by atoms with Crippen LogP contribution in [0.5, 0.6) is 0 Å². The molecule has 0 amide bonds. The molecule has 0 heterocycles. The molecule has 1 nitrogen and oxygen atoms in total. The van der Waals surface area contributed by atoms with E-state index in [9.17, 15) is 0 Å². The number of halogens is 2. The first-order chi connectivity index (χ1) is 7.75. The van der Waals surface area contributed by atoms with Crippen molar-refractivity contribution < 1.29 is 0 Å². The van der Waals surface area contributed by atoms with Crippen molar-refractivity contribution in [2.75, 3.05) is 0 Å². The molecule has 0 bridgehead atoms. The van der Waals surface area contributed by atoms with Crippen molar-refractivity contribution in [2.45, 2.75) is 0 Å². The fourth-order valence-corrected chi connectivity index (χ4v) is 1.65. The number of aliphatic imine (C=N–C) groups is 1. The van der Waals surface area contributed by atoms with Crippen LogP contribution in [0, 0.1) is 0 Å². The van der Waals surface area contributed by atoms with Gasteiger partial charge in [0.15, 0.2) is 0 Å². The van der Waals surface area contributed by atoms with Gasteiger partial charge in [0.05, 0.1) is 5.69 Å². The molecule has 0 aliphatic heterocycles. The minimum Gasteiger partial charge on any atom is -0.256 e. The van der Waals surface area contributed by atoms with Crippen LogP contribution in [0.15, 0.2) is 53.5 Å². The minimum atomic E-state index is 0.675. The molecule has 2 rings (SSSR count). The molecular weight excluding hydrogens is 241 g/mol. The van der Waals surface area contributed by atoms with Crippen molar-refractivity contribution >= 4 is 35.1 Å². The molecule has 0 spiro atoms. The standard InChI is InChI=1S/C13H9Cl2N/c14-11-5-3-6-12(8-11)16-9-10-4-1-2-7-13(10)15/h1-9H/b16-9+. The molecule has 0 aliphatic rings. The molecule has 80 valence electrons. The van der Waals surface area contributed by atoms with Crippen LogP contribution in [0.3, 0.4) is 0 Å². The smallest absolute Gasteiger partial charge is 0.0644 e. The second kappa shape index (κ2) is 5.15. The molecule has 0 aromatic heterocycles. The Morgan fingerprint density at radius 2 is 1.75 bits per heavy atom. The highest BCUT2D eigenvalue weighted by Crippen LogP contribution is 2.19. The van der Waals surface area contributed by atoms with Crippen LogP contribution in [0.4, 0.5) is 5.69 Å². The molecule has 0 radical (unpaired) electrons. The average molecular weight is 250 g/mol. The molecule has 2 aromatic rings. The van der Waals surface area contributed by atoms with E-state index < -0.39 is 0 Å². The first-order valence-electron chi connectivity index (χ1n) is 4.80. The van der Waals surface area contributed by atoms with Gasteiger partial charge in [-0.1, -0.05) is 47.5 Å². The summed E-state index contributed by atoms with van der Waals surface area (Å²) in [5.74, 6) is 0. The van der Waals surface area contributed by atoms with E-state index in [1.165, 1.54) is 0 Å². The van der Waals surface area contributed by atoms with Gasteiger partial charge < -0.3 is 0 Å². The SMILES string of the molecule is Clc1cccc(/N=C/c2ccccc2Cl)c1. The van der Waals surface area contributed by atoms with Gasteiger partial charge in [0.25, 0.3) is 0 Å². The largest absolute Gasteiger partial charge is 0.256 e. The van der Waals surface area contributed by atoms with Crippen LogP contribution in [0.25, 0.3) is 0 Å². The topological polar surface area (TPSA) is 12.4 Å². The highest BCUT2D eigenvalue weighted by Gasteiger charge is 1.94. The Balaban J connectivity index is 2.25. The lowest BCUT2D eigenvalue weighted by Gasteiger charge is -1.97. The van der Waals surface area contributed by atoms with E-state index in [4.69, 9.17) is 23.2 Å².